The molecule has 0 spiro atoms. The minimum atomic E-state index is -0.602. The third-order valence-corrected chi connectivity index (χ3v) is 7.60. The second kappa shape index (κ2) is 14.3. The van der Waals surface area contributed by atoms with Crippen LogP contribution in [0.15, 0.2) is 36.8 Å². The second-order valence-electron chi connectivity index (χ2n) is 11.3. The number of pyridine rings is 1. The van der Waals surface area contributed by atoms with Crippen LogP contribution >= 0.6 is 24.0 Å². The van der Waals surface area contributed by atoms with Crippen molar-refractivity contribution in [2.24, 2.45) is 5.41 Å². The largest absolute Gasteiger partial charge is 0.494 e. The van der Waals surface area contributed by atoms with Gasteiger partial charge in [0, 0.05) is 36.8 Å². The fourth-order valence-electron chi connectivity index (χ4n) is 4.90. The van der Waals surface area contributed by atoms with Crippen LogP contribution in [0.2, 0.25) is 5.15 Å². The van der Waals surface area contributed by atoms with Crippen molar-refractivity contribution in [1.29, 1.82) is 0 Å². The molecule has 2 amide bonds. The van der Waals surface area contributed by atoms with Gasteiger partial charge in [-0.25, -0.2) is 15.0 Å². The first kappa shape index (κ1) is 33.3. The van der Waals surface area contributed by atoms with Crippen LogP contribution in [0.25, 0.3) is 10.9 Å². The predicted molar refractivity (Wildman–Crippen MR) is 169 cm³/mol. The Bertz CT molecular complexity index is 1400. The first-order chi connectivity index (χ1) is 19.5. The van der Waals surface area contributed by atoms with Crippen LogP contribution in [0.1, 0.15) is 40.5 Å². The Kier molecular flexibility index (Phi) is 11.3. The van der Waals surface area contributed by atoms with Crippen LogP contribution in [0, 0.1) is 5.41 Å². The highest BCUT2D eigenvalue weighted by Crippen LogP contribution is 2.35. The summed E-state index contributed by atoms with van der Waals surface area (Å²) in [6.07, 6.45) is 4.36. The second-order valence-corrected chi connectivity index (χ2v) is 11.7. The topological polar surface area (TPSA) is 133 Å². The van der Waals surface area contributed by atoms with Crippen LogP contribution in [0.4, 0.5) is 17.2 Å². The Morgan fingerprint density at radius 1 is 1.19 bits per heavy atom. The van der Waals surface area contributed by atoms with Gasteiger partial charge in [0.2, 0.25) is 11.8 Å². The number of methoxy groups -OCH3 is 1. The molecule has 1 aliphatic rings. The van der Waals surface area contributed by atoms with Crippen LogP contribution < -0.4 is 26.0 Å². The molecule has 1 aliphatic heterocycles. The zero-order valence-corrected chi connectivity index (χ0v) is 26.4. The maximum absolute atomic E-state index is 13.8. The Hall–Kier alpha value is -3.25. The number of rotatable bonds is 10. The van der Waals surface area contributed by atoms with Crippen molar-refractivity contribution in [3.05, 3.63) is 41.9 Å². The zero-order valence-electron chi connectivity index (χ0n) is 24.8. The number of hydrogen-bond acceptors (Lipinski definition) is 9. The summed E-state index contributed by atoms with van der Waals surface area (Å²) < 4.78 is 5.59. The van der Waals surface area contributed by atoms with Crippen LogP contribution in [-0.2, 0) is 9.59 Å². The molecule has 228 valence electrons. The van der Waals surface area contributed by atoms with E-state index in [0.29, 0.717) is 58.5 Å². The quantitative estimate of drug-likeness (QED) is 0.244. The normalized spacial score (nSPS) is 16.5. The van der Waals surface area contributed by atoms with E-state index in [4.69, 9.17) is 16.3 Å². The number of nitrogens with one attached hydrogen (secondary N) is 4. The maximum atomic E-state index is 13.8. The van der Waals surface area contributed by atoms with E-state index >= 15 is 0 Å². The highest BCUT2D eigenvalue weighted by Gasteiger charge is 2.41. The fourth-order valence-corrected chi connectivity index (χ4v) is 5.07. The molecule has 3 aromatic rings. The number of hydrogen-bond donors (Lipinski definition) is 4. The van der Waals surface area contributed by atoms with Crippen LogP contribution in [-0.4, -0.2) is 77.0 Å². The number of carbonyl (C=O) groups excluding carboxylic acids is 2. The summed E-state index contributed by atoms with van der Waals surface area (Å²) in [7, 11) is 3.42. The van der Waals surface area contributed by atoms with Gasteiger partial charge in [0.05, 0.1) is 30.0 Å². The van der Waals surface area contributed by atoms with E-state index in [1.54, 1.807) is 35.4 Å². The summed E-state index contributed by atoms with van der Waals surface area (Å²) >= 11 is 6.24. The first-order valence-corrected chi connectivity index (χ1v) is 14.1. The smallest absolute Gasteiger partial charge is 0.247 e. The lowest BCUT2D eigenvalue weighted by molar-refractivity contribution is -0.140. The standard InChI is InChI=1S/C29H39ClN8O3.ClH/c1-17(31-5)15-33-24(29(2,3)4)28(40)38-12-8-10-22(38)27(39)37-21-13-18-20(14-23(21)41-6)34-16-35-26(18)36-19-9-7-11-32-25(19)30;/h7,9,11,13-14,16-17,22,24,31,33H,8,10,12,15H2,1-6H3,(H,37,39)(H,34,35,36);1H/t17-,22-,24+;/m0./s1. The van der Waals surface area contributed by atoms with Gasteiger partial charge in [0.25, 0.3) is 0 Å². The number of aromatic nitrogens is 3. The fraction of sp³-hybridized carbons (Fsp3) is 0.483. The number of halogens is 2. The molecule has 4 N–H and O–H groups in total. The lowest BCUT2D eigenvalue weighted by atomic mass is 9.85. The van der Waals surface area contributed by atoms with Crippen LogP contribution in [0.3, 0.4) is 0 Å². The predicted octanol–water partition coefficient (Wildman–Crippen LogP) is 4.39. The van der Waals surface area contributed by atoms with E-state index in [1.807, 2.05) is 27.8 Å². The maximum Gasteiger partial charge on any atom is 0.247 e. The Balaban J connectivity index is 0.00000484. The van der Waals surface area contributed by atoms with Crippen molar-refractivity contribution in [2.75, 3.05) is 37.9 Å². The van der Waals surface area contributed by atoms with Crippen molar-refractivity contribution in [2.45, 2.75) is 58.7 Å². The summed E-state index contributed by atoms with van der Waals surface area (Å²) in [5.41, 5.74) is 1.32. The number of ether oxygens (including phenoxy) is 1. The average molecular weight is 620 g/mol. The van der Waals surface area contributed by atoms with E-state index in [0.717, 1.165) is 6.42 Å². The van der Waals surface area contributed by atoms with Gasteiger partial charge in [-0.05, 0) is 50.4 Å². The van der Waals surface area contributed by atoms with Gasteiger partial charge in [-0.3, -0.25) is 9.59 Å². The number of likely N-dealkylation sites (tertiary alicyclic amines) is 1. The minimum Gasteiger partial charge on any atom is -0.494 e. The lowest BCUT2D eigenvalue weighted by Gasteiger charge is -2.36. The monoisotopic (exact) mass is 618 g/mol. The minimum absolute atomic E-state index is 0. The molecule has 3 heterocycles. The summed E-state index contributed by atoms with van der Waals surface area (Å²) in [4.78, 5) is 42.0. The van der Waals surface area contributed by atoms with Gasteiger partial charge < -0.3 is 30.9 Å². The van der Waals surface area contributed by atoms with E-state index in [1.165, 1.54) is 13.4 Å². The molecule has 3 atom stereocenters. The highest BCUT2D eigenvalue weighted by atomic mass is 35.5. The number of amides is 2. The van der Waals surface area contributed by atoms with Gasteiger partial charge in [-0.15, -0.1) is 12.4 Å². The molecule has 13 heteroatoms. The van der Waals surface area contributed by atoms with Crippen molar-refractivity contribution in [3.8, 4) is 5.75 Å². The number of carbonyl (C=O) groups is 2. The molecule has 0 saturated carbocycles. The summed E-state index contributed by atoms with van der Waals surface area (Å²) in [5, 5.41) is 13.8. The number of nitrogens with zero attached hydrogens (tertiary/aromatic N) is 4. The van der Waals surface area contributed by atoms with E-state index in [9.17, 15) is 9.59 Å². The Morgan fingerprint density at radius 2 is 1.95 bits per heavy atom. The van der Waals surface area contributed by atoms with E-state index < -0.39 is 12.1 Å². The number of fused-ring (bicyclic) bond motifs is 1. The highest BCUT2D eigenvalue weighted by molar-refractivity contribution is 6.32. The lowest BCUT2D eigenvalue weighted by Crippen LogP contribution is -2.57. The molecule has 2 aromatic heterocycles. The Morgan fingerprint density at radius 3 is 2.62 bits per heavy atom. The zero-order chi connectivity index (χ0) is 29.7. The van der Waals surface area contributed by atoms with Crippen molar-refractivity contribution in [1.82, 2.24) is 30.5 Å². The molecule has 0 bridgehead atoms. The third kappa shape index (κ3) is 7.57. The molecule has 0 aliphatic carbocycles. The summed E-state index contributed by atoms with van der Waals surface area (Å²) in [5.74, 6) is 0.597. The molecule has 11 nitrogen and oxygen atoms in total. The van der Waals surface area contributed by atoms with E-state index in [2.05, 4.69) is 43.1 Å². The van der Waals surface area contributed by atoms with Gasteiger partial charge in [-0.1, -0.05) is 32.4 Å². The Labute approximate surface area is 258 Å². The first-order valence-electron chi connectivity index (χ1n) is 13.8. The van der Waals surface area contributed by atoms with Gasteiger partial charge in [0.15, 0.2) is 5.15 Å². The van der Waals surface area contributed by atoms with Crippen molar-refractivity contribution >= 4 is 63.9 Å². The van der Waals surface area contributed by atoms with E-state index in [-0.39, 0.29) is 35.7 Å². The average Bonchev–Trinajstić information content (AvgIpc) is 3.44. The molecule has 0 radical (unpaired) electrons. The SMILES string of the molecule is CN[C@@H](C)CN[C@H](C(=O)N1CCC[C@H]1C(=O)Nc1cc2c(Nc3cccnc3Cl)ncnc2cc1OC)C(C)(C)C.Cl. The summed E-state index contributed by atoms with van der Waals surface area (Å²) in [6, 6.07) is 6.22. The third-order valence-electron chi connectivity index (χ3n) is 7.30. The molecular formula is C29H40Cl2N8O3. The van der Waals surface area contributed by atoms with Crippen molar-refractivity contribution < 1.29 is 14.3 Å². The molecule has 1 fully saturated rings. The summed E-state index contributed by atoms with van der Waals surface area (Å²) in [6.45, 7) is 9.30. The molecular weight excluding hydrogens is 579 g/mol. The molecule has 4 rings (SSSR count). The number of likely N-dealkylation sites (N-methyl/N-ethyl adjacent to an activating group) is 1. The van der Waals surface area contributed by atoms with Gasteiger partial charge >= 0.3 is 0 Å². The van der Waals surface area contributed by atoms with Gasteiger partial charge in [0.1, 0.15) is 23.9 Å². The van der Waals surface area contributed by atoms with Gasteiger partial charge in [-0.2, -0.15) is 0 Å². The number of anilines is 3. The molecule has 0 unspecified atom stereocenters. The van der Waals surface area contributed by atoms with Crippen molar-refractivity contribution in [3.63, 3.8) is 0 Å². The van der Waals surface area contributed by atoms with Crippen LogP contribution in [0.5, 0.6) is 5.75 Å². The number of benzene rings is 1. The molecule has 42 heavy (non-hydrogen) atoms. The molecule has 1 aromatic carbocycles. The molecule has 1 saturated heterocycles.